The quantitative estimate of drug-likeness (QED) is 0.589. The Kier molecular flexibility index (Phi) is 6.21. The number of nitrogens with one attached hydrogen (secondary N) is 2. The predicted molar refractivity (Wildman–Crippen MR) is 121 cm³/mol. The molecule has 30 heavy (non-hydrogen) atoms. The van der Waals surface area contributed by atoms with E-state index in [4.69, 9.17) is 21.1 Å². The molecule has 0 bridgehead atoms. The first kappa shape index (κ1) is 20.3. The monoisotopic (exact) mass is 425 g/mol. The van der Waals surface area contributed by atoms with E-state index in [1.807, 2.05) is 31.2 Å². The van der Waals surface area contributed by atoms with Gasteiger partial charge >= 0.3 is 0 Å². The average Bonchev–Trinajstić information content (AvgIpc) is 2.78. The van der Waals surface area contributed by atoms with Gasteiger partial charge in [0.1, 0.15) is 11.6 Å². The van der Waals surface area contributed by atoms with Crippen molar-refractivity contribution in [2.45, 2.75) is 6.92 Å². The molecule has 0 saturated carbocycles. The number of anilines is 5. The van der Waals surface area contributed by atoms with E-state index in [0.717, 1.165) is 43.2 Å². The summed E-state index contributed by atoms with van der Waals surface area (Å²) in [6.07, 6.45) is 1.78. The van der Waals surface area contributed by atoms with Gasteiger partial charge in [-0.15, -0.1) is 0 Å². The van der Waals surface area contributed by atoms with E-state index in [2.05, 4.69) is 37.6 Å². The lowest BCUT2D eigenvalue weighted by atomic mass is 10.2. The summed E-state index contributed by atoms with van der Waals surface area (Å²) in [5.41, 5.74) is 3.87. The molecule has 1 saturated heterocycles. The van der Waals surface area contributed by atoms with Crippen molar-refractivity contribution >= 4 is 40.4 Å². The summed E-state index contributed by atoms with van der Waals surface area (Å²) in [4.78, 5) is 11.3. The van der Waals surface area contributed by atoms with Crippen molar-refractivity contribution in [3.63, 3.8) is 0 Å². The maximum atomic E-state index is 6.11. The highest BCUT2D eigenvalue weighted by atomic mass is 35.5. The van der Waals surface area contributed by atoms with E-state index in [-0.39, 0.29) is 0 Å². The van der Waals surface area contributed by atoms with Gasteiger partial charge in [-0.2, -0.15) is 4.98 Å². The van der Waals surface area contributed by atoms with Crippen LogP contribution in [0, 0.1) is 6.92 Å². The summed E-state index contributed by atoms with van der Waals surface area (Å²) in [5, 5.41) is 7.13. The highest BCUT2D eigenvalue weighted by molar-refractivity contribution is 6.32. The van der Waals surface area contributed by atoms with Crippen molar-refractivity contribution in [1.29, 1.82) is 0 Å². The number of ether oxygens (including phenoxy) is 2. The van der Waals surface area contributed by atoms with Crippen molar-refractivity contribution in [2.24, 2.45) is 0 Å². The fourth-order valence-corrected chi connectivity index (χ4v) is 3.40. The second kappa shape index (κ2) is 9.19. The molecule has 0 radical (unpaired) electrons. The predicted octanol–water partition coefficient (Wildman–Crippen LogP) is 4.77. The van der Waals surface area contributed by atoms with Gasteiger partial charge in [0, 0.05) is 48.0 Å². The van der Waals surface area contributed by atoms with Crippen LogP contribution in [0.4, 0.5) is 28.8 Å². The summed E-state index contributed by atoms with van der Waals surface area (Å²) in [6.45, 7) is 5.33. The number of benzene rings is 2. The smallest absolute Gasteiger partial charge is 0.229 e. The van der Waals surface area contributed by atoms with Crippen LogP contribution in [0.5, 0.6) is 5.75 Å². The largest absolute Gasteiger partial charge is 0.495 e. The molecule has 1 aromatic heterocycles. The van der Waals surface area contributed by atoms with Crippen LogP contribution >= 0.6 is 11.6 Å². The first-order valence-corrected chi connectivity index (χ1v) is 10.1. The molecule has 2 aromatic carbocycles. The first-order chi connectivity index (χ1) is 14.6. The van der Waals surface area contributed by atoms with Crippen LogP contribution in [0.25, 0.3) is 0 Å². The number of nitrogens with zero attached hydrogens (tertiary/aromatic N) is 3. The molecular formula is C22H24ClN5O2. The third kappa shape index (κ3) is 4.75. The summed E-state index contributed by atoms with van der Waals surface area (Å²) >= 11 is 6.11. The summed E-state index contributed by atoms with van der Waals surface area (Å²) in [6, 6.07) is 13.8. The van der Waals surface area contributed by atoms with Crippen LogP contribution in [0.3, 0.4) is 0 Å². The van der Waals surface area contributed by atoms with Crippen molar-refractivity contribution in [2.75, 3.05) is 48.9 Å². The molecule has 156 valence electrons. The number of aromatic nitrogens is 2. The molecule has 0 aliphatic carbocycles. The van der Waals surface area contributed by atoms with Crippen LogP contribution in [0.2, 0.25) is 5.02 Å². The van der Waals surface area contributed by atoms with Crippen LogP contribution in [-0.2, 0) is 4.74 Å². The maximum Gasteiger partial charge on any atom is 0.229 e. The third-order valence-electron chi connectivity index (χ3n) is 4.89. The lowest BCUT2D eigenvalue weighted by molar-refractivity contribution is 0.122. The molecule has 2 N–H and O–H groups in total. The molecule has 7 nitrogen and oxygen atoms in total. The number of aryl methyl sites for hydroxylation is 1. The topological polar surface area (TPSA) is 71.5 Å². The highest BCUT2D eigenvalue weighted by Gasteiger charge is 2.11. The molecular weight excluding hydrogens is 402 g/mol. The van der Waals surface area contributed by atoms with Crippen LogP contribution in [-0.4, -0.2) is 43.4 Å². The molecule has 8 heteroatoms. The van der Waals surface area contributed by atoms with Crippen molar-refractivity contribution in [1.82, 2.24) is 9.97 Å². The van der Waals surface area contributed by atoms with Crippen molar-refractivity contribution in [3.05, 3.63) is 59.2 Å². The number of hydrogen-bond donors (Lipinski definition) is 2. The van der Waals surface area contributed by atoms with E-state index in [1.165, 1.54) is 5.69 Å². The van der Waals surface area contributed by atoms with E-state index in [0.29, 0.717) is 22.5 Å². The first-order valence-electron chi connectivity index (χ1n) is 9.76. The number of morpholine rings is 1. The van der Waals surface area contributed by atoms with Crippen LogP contribution in [0.1, 0.15) is 5.56 Å². The molecule has 1 fully saturated rings. The molecule has 1 aliphatic rings. The van der Waals surface area contributed by atoms with Gasteiger partial charge in [0.25, 0.3) is 0 Å². The zero-order valence-electron chi connectivity index (χ0n) is 17.0. The Morgan fingerprint density at radius 3 is 2.50 bits per heavy atom. The van der Waals surface area contributed by atoms with Gasteiger partial charge in [-0.05, 0) is 43.3 Å². The molecule has 1 aliphatic heterocycles. The van der Waals surface area contributed by atoms with Crippen molar-refractivity contribution < 1.29 is 9.47 Å². The van der Waals surface area contributed by atoms with Gasteiger partial charge in [0.15, 0.2) is 0 Å². The average molecular weight is 426 g/mol. The van der Waals surface area contributed by atoms with Crippen LogP contribution in [0.15, 0.2) is 48.7 Å². The van der Waals surface area contributed by atoms with Gasteiger partial charge in [0.2, 0.25) is 5.95 Å². The lowest BCUT2D eigenvalue weighted by Crippen LogP contribution is -2.36. The van der Waals surface area contributed by atoms with E-state index in [9.17, 15) is 0 Å². The molecule has 0 amide bonds. The lowest BCUT2D eigenvalue weighted by Gasteiger charge is -2.28. The Morgan fingerprint density at radius 2 is 1.77 bits per heavy atom. The molecule has 0 unspecified atom stereocenters. The molecule has 0 spiro atoms. The number of halogens is 1. The standard InChI is InChI=1S/C22H24ClN5O2/c1-15-14-24-22(27-21(15)25-17-5-8-19(23)20(13-17)29-2)26-16-3-6-18(7-4-16)28-9-11-30-12-10-28/h3-8,13-14H,9-12H2,1-2H3,(H2,24,25,26,27). The number of rotatable bonds is 6. The second-order valence-electron chi connectivity index (χ2n) is 6.97. The van der Waals surface area contributed by atoms with Gasteiger partial charge < -0.3 is 25.0 Å². The van der Waals surface area contributed by atoms with Crippen molar-refractivity contribution in [3.8, 4) is 5.75 Å². The SMILES string of the molecule is COc1cc(Nc2nc(Nc3ccc(N4CCOCC4)cc3)ncc2C)ccc1Cl. The molecule has 0 atom stereocenters. The Labute approximate surface area is 181 Å². The molecule has 3 aromatic rings. The number of hydrogen-bond acceptors (Lipinski definition) is 7. The Morgan fingerprint density at radius 1 is 1.03 bits per heavy atom. The fourth-order valence-electron chi connectivity index (χ4n) is 3.21. The minimum atomic E-state index is 0.517. The Balaban J connectivity index is 1.47. The van der Waals surface area contributed by atoms with E-state index < -0.39 is 0 Å². The zero-order chi connectivity index (χ0) is 20.9. The van der Waals surface area contributed by atoms with E-state index >= 15 is 0 Å². The summed E-state index contributed by atoms with van der Waals surface area (Å²) in [7, 11) is 1.59. The number of methoxy groups -OCH3 is 1. The minimum Gasteiger partial charge on any atom is -0.495 e. The highest BCUT2D eigenvalue weighted by Crippen LogP contribution is 2.29. The Hall–Kier alpha value is -3.03. The second-order valence-corrected chi connectivity index (χ2v) is 7.38. The molecule has 4 rings (SSSR count). The van der Waals surface area contributed by atoms with Gasteiger partial charge in [-0.3, -0.25) is 0 Å². The maximum absolute atomic E-state index is 6.11. The normalized spacial score (nSPS) is 13.8. The van der Waals surface area contributed by atoms with Gasteiger partial charge in [-0.1, -0.05) is 11.6 Å². The van der Waals surface area contributed by atoms with E-state index in [1.54, 1.807) is 19.4 Å². The summed E-state index contributed by atoms with van der Waals surface area (Å²) < 4.78 is 10.7. The summed E-state index contributed by atoms with van der Waals surface area (Å²) in [5.74, 6) is 1.83. The van der Waals surface area contributed by atoms with Crippen LogP contribution < -0.4 is 20.3 Å². The molecule has 2 heterocycles. The minimum absolute atomic E-state index is 0.517. The fraction of sp³-hybridized carbons (Fsp3) is 0.273. The van der Waals surface area contributed by atoms with Gasteiger partial charge in [0.05, 0.1) is 25.3 Å². The third-order valence-corrected chi connectivity index (χ3v) is 5.20. The Bertz CT molecular complexity index is 1010. The van der Waals surface area contributed by atoms with Gasteiger partial charge in [-0.25, -0.2) is 4.98 Å². The zero-order valence-corrected chi connectivity index (χ0v) is 17.7.